The predicted octanol–water partition coefficient (Wildman–Crippen LogP) is 5.19. The maximum absolute atomic E-state index is 11.6. The number of carbonyl (C=O) groups is 2. The predicted molar refractivity (Wildman–Crippen MR) is 102 cm³/mol. The van der Waals surface area contributed by atoms with Gasteiger partial charge in [0.2, 0.25) is 0 Å². The number of rotatable bonds is 3. The van der Waals surface area contributed by atoms with Crippen molar-refractivity contribution in [3.63, 3.8) is 0 Å². The van der Waals surface area contributed by atoms with Crippen molar-refractivity contribution in [3.8, 4) is 0 Å². The Kier molecular flexibility index (Phi) is 8.89. The van der Waals surface area contributed by atoms with Gasteiger partial charge in [-0.15, -0.1) is 0 Å². The molecule has 0 saturated carbocycles. The number of ether oxygens (including phenoxy) is 2. The minimum Gasteiger partial charge on any atom is -0.460 e. The molecule has 142 valence electrons. The summed E-state index contributed by atoms with van der Waals surface area (Å²) in [4.78, 5) is 22.6. The molecule has 1 aromatic rings. The van der Waals surface area contributed by atoms with E-state index in [1.165, 1.54) is 5.56 Å². The monoisotopic (exact) mass is 350 g/mol. The normalized spacial score (nSPS) is 11.4. The fraction of sp³-hybridized carbons (Fsp3) is 0.619. The summed E-state index contributed by atoms with van der Waals surface area (Å²) in [5, 5.41) is 0. The highest BCUT2D eigenvalue weighted by Gasteiger charge is 2.18. The van der Waals surface area contributed by atoms with Crippen LogP contribution in [0, 0.1) is 5.92 Å². The Hall–Kier alpha value is -1.84. The Morgan fingerprint density at radius 3 is 1.60 bits per heavy atom. The number of carbonyl (C=O) groups excluding carboxylic acids is 2. The molecule has 0 radical (unpaired) electrons. The summed E-state index contributed by atoms with van der Waals surface area (Å²) in [5.74, 6) is -0.420. The summed E-state index contributed by atoms with van der Waals surface area (Å²) < 4.78 is 10.3. The van der Waals surface area contributed by atoms with Crippen LogP contribution in [-0.2, 0) is 20.7 Å². The number of benzene rings is 1. The lowest BCUT2D eigenvalue weighted by Gasteiger charge is -2.20. The second kappa shape index (κ2) is 9.59. The summed E-state index contributed by atoms with van der Waals surface area (Å²) >= 11 is 0. The highest BCUT2D eigenvalue weighted by Crippen LogP contribution is 2.13. The summed E-state index contributed by atoms with van der Waals surface area (Å²) in [6, 6.07) is 7.54. The van der Waals surface area contributed by atoms with E-state index in [1.54, 1.807) is 0 Å². The molecule has 0 fully saturated rings. The van der Waals surface area contributed by atoms with Crippen LogP contribution in [0.15, 0.2) is 24.3 Å². The average molecular weight is 350 g/mol. The van der Waals surface area contributed by atoms with Crippen LogP contribution in [0.4, 0.5) is 0 Å². The zero-order valence-electron chi connectivity index (χ0n) is 17.2. The van der Waals surface area contributed by atoms with Crippen molar-refractivity contribution >= 4 is 11.9 Å². The Bertz CT molecular complexity index is 543. The van der Waals surface area contributed by atoms with Crippen molar-refractivity contribution in [3.05, 3.63) is 35.4 Å². The third-order valence-corrected chi connectivity index (χ3v) is 2.87. The van der Waals surface area contributed by atoms with Gasteiger partial charge in [-0.25, -0.2) is 4.79 Å². The third-order valence-electron chi connectivity index (χ3n) is 2.87. The fourth-order valence-corrected chi connectivity index (χ4v) is 1.63. The van der Waals surface area contributed by atoms with E-state index in [0.29, 0.717) is 5.56 Å². The molecular weight excluding hydrogens is 316 g/mol. The van der Waals surface area contributed by atoms with Crippen LogP contribution in [0.5, 0.6) is 0 Å². The minimum atomic E-state index is -0.430. The van der Waals surface area contributed by atoms with Crippen molar-refractivity contribution in [1.29, 1.82) is 0 Å². The zero-order chi connectivity index (χ0) is 19.8. The van der Waals surface area contributed by atoms with E-state index in [4.69, 9.17) is 9.47 Å². The highest BCUT2D eigenvalue weighted by molar-refractivity contribution is 5.89. The molecule has 0 bridgehead atoms. The van der Waals surface area contributed by atoms with Crippen molar-refractivity contribution in [2.24, 2.45) is 5.92 Å². The summed E-state index contributed by atoms with van der Waals surface area (Å²) in [6.07, 6.45) is 0.981. The first-order chi connectivity index (χ1) is 11.2. The van der Waals surface area contributed by atoms with Gasteiger partial charge in [-0.3, -0.25) is 4.79 Å². The summed E-state index contributed by atoms with van der Waals surface area (Å²) in [6.45, 7) is 16.9. The van der Waals surface area contributed by atoms with E-state index >= 15 is 0 Å². The highest BCUT2D eigenvalue weighted by atomic mass is 16.6. The van der Waals surface area contributed by atoms with Crippen LogP contribution < -0.4 is 0 Å². The SMILES string of the molecule is CC(C)C(=O)OC(C)(C)C.CCc1ccc(C(=O)OC(C)(C)C)cc1. The van der Waals surface area contributed by atoms with Gasteiger partial charge < -0.3 is 9.47 Å². The molecule has 0 atom stereocenters. The van der Waals surface area contributed by atoms with Crippen LogP contribution in [0.2, 0.25) is 0 Å². The molecule has 0 aromatic heterocycles. The standard InChI is InChI=1S/C13H18O2.C8H16O2/c1-5-10-6-8-11(9-7-10)12(14)15-13(2,3)4;1-6(2)7(9)10-8(3,4)5/h6-9H,5H2,1-4H3;6H,1-5H3. The van der Waals surface area contributed by atoms with Gasteiger partial charge in [-0.1, -0.05) is 32.9 Å². The van der Waals surface area contributed by atoms with Gasteiger partial charge in [0.05, 0.1) is 11.5 Å². The van der Waals surface area contributed by atoms with Gasteiger partial charge in [0.25, 0.3) is 0 Å². The lowest BCUT2D eigenvalue weighted by Crippen LogP contribution is -2.26. The van der Waals surface area contributed by atoms with Gasteiger partial charge in [-0.05, 0) is 65.7 Å². The minimum absolute atomic E-state index is 0.0285. The lowest BCUT2D eigenvalue weighted by atomic mass is 10.1. The van der Waals surface area contributed by atoms with Gasteiger partial charge in [-0.2, -0.15) is 0 Å². The third kappa shape index (κ3) is 11.4. The Morgan fingerprint density at radius 1 is 0.880 bits per heavy atom. The number of esters is 2. The largest absolute Gasteiger partial charge is 0.460 e. The van der Waals surface area contributed by atoms with Crippen molar-refractivity contribution in [2.45, 2.75) is 79.9 Å². The molecular formula is C21H34O4. The van der Waals surface area contributed by atoms with Crippen LogP contribution >= 0.6 is 0 Å². The molecule has 0 aliphatic carbocycles. The van der Waals surface area contributed by atoms with E-state index in [2.05, 4.69) is 6.92 Å². The van der Waals surface area contributed by atoms with Gasteiger partial charge >= 0.3 is 11.9 Å². The topological polar surface area (TPSA) is 52.6 Å². The molecule has 0 aliphatic rings. The lowest BCUT2D eigenvalue weighted by molar-refractivity contribution is -0.158. The fourth-order valence-electron chi connectivity index (χ4n) is 1.63. The van der Waals surface area contributed by atoms with Crippen molar-refractivity contribution in [2.75, 3.05) is 0 Å². The number of aryl methyl sites for hydroxylation is 1. The Morgan fingerprint density at radius 2 is 1.32 bits per heavy atom. The second-order valence-electron chi connectivity index (χ2n) is 8.24. The molecule has 0 spiro atoms. The van der Waals surface area contributed by atoms with E-state index < -0.39 is 5.60 Å². The van der Waals surface area contributed by atoms with E-state index in [9.17, 15) is 9.59 Å². The van der Waals surface area contributed by atoms with Gasteiger partial charge in [0.1, 0.15) is 11.2 Å². The Labute approximate surface area is 152 Å². The van der Waals surface area contributed by atoms with Crippen LogP contribution in [-0.4, -0.2) is 23.1 Å². The first kappa shape index (κ1) is 23.2. The molecule has 25 heavy (non-hydrogen) atoms. The summed E-state index contributed by atoms with van der Waals surface area (Å²) in [7, 11) is 0. The van der Waals surface area contributed by atoms with Crippen LogP contribution in [0.25, 0.3) is 0 Å². The average Bonchev–Trinajstić information content (AvgIpc) is 2.44. The first-order valence-corrected chi connectivity index (χ1v) is 8.80. The molecule has 0 amide bonds. The molecule has 4 nitrogen and oxygen atoms in total. The first-order valence-electron chi connectivity index (χ1n) is 8.80. The smallest absolute Gasteiger partial charge is 0.338 e. The number of hydrogen-bond acceptors (Lipinski definition) is 4. The summed E-state index contributed by atoms with van der Waals surface area (Å²) in [5.41, 5.74) is 1.06. The van der Waals surface area contributed by atoms with Crippen LogP contribution in [0.3, 0.4) is 0 Å². The molecule has 4 heteroatoms. The molecule has 1 rings (SSSR count). The number of hydrogen-bond donors (Lipinski definition) is 0. The van der Waals surface area contributed by atoms with Gasteiger partial charge in [0, 0.05) is 0 Å². The van der Waals surface area contributed by atoms with Crippen molar-refractivity contribution < 1.29 is 19.1 Å². The molecule has 1 aromatic carbocycles. The maximum Gasteiger partial charge on any atom is 0.338 e. The van der Waals surface area contributed by atoms with E-state index in [1.807, 2.05) is 79.7 Å². The van der Waals surface area contributed by atoms with Crippen LogP contribution in [0.1, 0.15) is 78.2 Å². The van der Waals surface area contributed by atoms with Crippen molar-refractivity contribution in [1.82, 2.24) is 0 Å². The molecule has 0 saturated heterocycles. The molecule has 0 N–H and O–H groups in total. The zero-order valence-corrected chi connectivity index (χ0v) is 17.2. The quantitative estimate of drug-likeness (QED) is 0.704. The maximum atomic E-state index is 11.6. The molecule has 0 aliphatic heterocycles. The second-order valence-corrected chi connectivity index (χ2v) is 8.24. The van der Waals surface area contributed by atoms with E-state index in [-0.39, 0.29) is 23.5 Å². The van der Waals surface area contributed by atoms with E-state index in [0.717, 1.165) is 6.42 Å². The molecule has 0 heterocycles. The van der Waals surface area contributed by atoms with Gasteiger partial charge in [0.15, 0.2) is 0 Å². The Balaban J connectivity index is 0.000000504. The molecule has 0 unspecified atom stereocenters.